The van der Waals surface area contributed by atoms with Crippen LogP contribution in [0.3, 0.4) is 0 Å². The summed E-state index contributed by atoms with van der Waals surface area (Å²) in [5, 5.41) is 23.7. The van der Waals surface area contributed by atoms with Crippen molar-refractivity contribution in [1.29, 1.82) is 0 Å². The van der Waals surface area contributed by atoms with Crippen LogP contribution in [-0.4, -0.2) is 116 Å². The largest absolute Gasteiger partial charge is 0.440 e. The summed E-state index contributed by atoms with van der Waals surface area (Å²) in [6, 6.07) is 9.35. The maximum absolute atomic E-state index is 12.4. The summed E-state index contributed by atoms with van der Waals surface area (Å²) in [4.78, 5) is 16.9. The lowest BCUT2D eigenvalue weighted by Gasteiger charge is -2.43. The molecule has 2 saturated heterocycles. The lowest BCUT2D eigenvalue weighted by atomic mass is 9.98. The minimum atomic E-state index is -1.28. The average molecular weight is 482 g/mol. The van der Waals surface area contributed by atoms with Crippen molar-refractivity contribution in [3.63, 3.8) is 0 Å². The van der Waals surface area contributed by atoms with Crippen molar-refractivity contribution >= 4 is 6.09 Å². The molecule has 0 aliphatic carbocycles. The van der Waals surface area contributed by atoms with E-state index in [1.807, 2.05) is 44.2 Å². The van der Waals surface area contributed by atoms with E-state index in [4.69, 9.17) is 18.9 Å². The Morgan fingerprint density at radius 2 is 1.85 bits per heavy atom. The highest BCUT2D eigenvalue weighted by molar-refractivity contribution is 5.67. The zero-order chi connectivity index (χ0) is 24.5. The highest BCUT2D eigenvalue weighted by atomic mass is 16.7. The summed E-state index contributed by atoms with van der Waals surface area (Å²) in [5.74, 6) is 0. The van der Waals surface area contributed by atoms with Gasteiger partial charge in [0.2, 0.25) is 0 Å². The van der Waals surface area contributed by atoms with E-state index in [1.165, 1.54) is 0 Å². The number of aliphatic hydroxyl groups is 2. The normalized spacial score (nSPS) is 28.7. The van der Waals surface area contributed by atoms with Gasteiger partial charge in [0, 0.05) is 38.8 Å². The number of nitrogens with zero attached hydrogens (tertiary/aromatic N) is 2. The van der Waals surface area contributed by atoms with Gasteiger partial charge in [-0.2, -0.15) is 0 Å². The van der Waals surface area contributed by atoms with Gasteiger partial charge in [0.1, 0.15) is 18.3 Å². The van der Waals surface area contributed by atoms with E-state index in [1.54, 1.807) is 0 Å². The van der Waals surface area contributed by atoms with Crippen LogP contribution in [0.15, 0.2) is 30.3 Å². The van der Waals surface area contributed by atoms with E-state index in [0.717, 1.165) is 31.7 Å². The molecule has 2 heterocycles. The van der Waals surface area contributed by atoms with Crippen molar-refractivity contribution in [2.45, 2.75) is 57.2 Å². The molecular weight excluding hydrogens is 442 g/mol. The molecule has 0 bridgehead atoms. The first-order chi connectivity index (χ1) is 16.4. The van der Waals surface area contributed by atoms with Gasteiger partial charge in [0.15, 0.2) is 12.4 Å². The van der Waals surface area contributed by atoms with Crippen LogP contribution in [0.25, 0.3) is 0 Å². The highest BCUT2D eigenvalue weighted by Gasteiger charge is 2.48. The number of benzene rings is 1. The number of likely N-dealkylation sites (N-methyl/N-ethyl adjacent to an activating group) is 1. The topological polar surface area (TPSA) is 113 Å². The second kappa shape index (κ2) is 13.3. The van der Waals surface area contributed by atoms with Crippen LogP contribution >= 0.6 is 0 Å². The quantitative estimate of drug-likeness (QED) is 0.438. The number of nitrogens with one attached hydrogen (secondary N) is 1. The molecule has 2 aliphatic heterocycles. The summed E-state index contributed by atoms with van der Waals surface area (Å²) < 4.78 is 23.3. The first-order valence-corrected chi connectivity index (χ1v) is 12.0. The molecule has 10 nitrogen and oxygen atoms in total. The van der Waals surface area contributed by atoms with E-state index in [0.29, 0.717) is 13.2 Å². The molecule has 1 amide bonds. The minimum Gasteiger partial charge on any atom is -0.440 e. The molecule has 0 unspecified atom stereocenters. The molecule has 3 N–H and O–H groups in total. The van der Waals surface area contributed by atoms with Gasteiger partial charge in [-0.05, 0) is 26.5 Å². The fraction of sp³-hybridized carbons (Fsp3) is 0.708. The molecular formula is C24H39N3O7. The molecule has 5 atom stereocenters. The molecule has 2 aliphatic rings. The number of carbonyl (C=O) groups is 1. The molecule has 34 heavy (non-hydrogen) atoms. The van der Waals surface area contributed by atoms with Crippen LogP contribution in [-0.2, 0) is 25.6 Å². The number of amides is 1. The third-order valence-electron chi connectivity index (χ3n) is 6.01. The molecule has 192 valence electrons. The number of hydrogen-bond acceptors (Lipinski definition) is 9. The Balaban J connectivity index is 1.64. The van der Waals surface area contributed by atoms with Crippen molar-refractivity contribution in [1.82, 2.24) is 15.1 Å². The number of ether oxygens (including phenoxy) is 4. The average Bonchev–Trinajstić information content (AvgIpc) is 2.82. The van der Waals surface area contributed by atoms with Crippen molar-refractivity contribution in [3.8, 4) is 0 Å². The SMILES string of the molecule is CC(C)NC(=O)O[C@@H]1[C@@H](O)[C@H](OCCN2CCN(C)CC2)O[C@H](CO)[C@H]1OCc1ccccc1. The number of rotatable bonds is 10. The maximum atomic E-state index is 12.4. The van der Waals surface area contributed by atoms with Crippen LogP contribution < -0.4 is 5.32 Å². The molecule has 0 radical (unpaired) electrons. The Hall–Kier alpha value is -1.79. The first-order valence-electron chi connectivity index (χ1n) is 12.0. The Bertz CT molecular complexity index is 731. The van der Waals surface area contributed by atoms with Gasteiger partial charge in [-0.1, -0.05) is 30.3 Å². The van der Waals surface area contributed by atoms with Crippen molar-refractivity contribution in [2.75, 3.05) is 53.0 Å². The standard InChI is InChI=1S/C24H39N3O7/c1-17(2)25-24(30)34-22-20(29)23(31-14-13-27-11-9-26(3)10-12-27)33-19(15-28)21(22)32-16-18-7-5-4-6-8-18/h4-8,17,19-23,28-29H,9-16H2,1-3H3,(H,25,30)/t19-,20-,21-,22-,23-/m1/s1. The van der Waals surface area contributed by atoms with Gasteiger partial charge in [-0.3, -0.25) is 4.90 Å². The molecule has 0 aromatic heterocycles. The Morgan fingerprint density at radius 3 is 2.50 bits per heavy atom. The Kier molecular flexibility index (Phi) is 10.5. The molecule has 0 saturated carbocycles. The van der Waals surface area contributed by atoms with Crippen LogP contribution in [0.1, 0.15) is 19.4 Å². The van der Waals surface area contributed by atoms with Crippen LogP contribution in [0.5, 0.6) is 0 Å². The zero-order valence-electron chi connectivity index (χ0n) is 20.3. The second-order valence-electron chi connectivity index (χ2n) is 9.16. The smallest absolute Gasteiger partial charge is 0.407 e. The molecule has 0 spiro atoms. The van der Waals surface area contributed by atoms with E-state index in [2.05, 4.69) is 22.2 Å². The van der Waals surface area contributed by atoms with Gasteiger partial charge in [-0.15, -0.1) is 0 Å². The molecule has 2 fully saturated rings. The maximum Gasteiger partial charge on any atom is 0.407 e. The fourth-order valence-corrected chi connectivity index (χ4v) is 4.04. The van der Waals surface area contributed by atoms with Crippen LogP contribution in [0.4, 0.5) is 4.79 Å². The zero-order valence-corrected chi connectivity index (χ0v) is 20.3. The fourth-order valence-electron chi connectivity index (χ4n) is 4.04. The monoisotopic (exact) mass is 481 g/mol. The van der Waals surface area contributed by atoms with E-state index in [-0.39, 0.29) is 19.3 Å². The van der Waals surface area contributed by atoms with Crippen molar-refractivity contribution in [2.24, 2.45) is 0 Å². The van der Waals surface area contributed by atoms with Crippen molar-refractivity contribution in [3.05, 3.63) is 35.9 Å². The predicted octanol–water partition coefficient (Wildman–Crippen LogP) is 0.417. The van der Waals surface area contributed by atoms with E-state index >= 15 is 0 Å². The number of hydrogen-bond donors (Lipinski definition) is 3. The van der Waals surface area contributed by atoms with Gasteiger partial charge in [0.05, 0.1) is 19.8 Å². The third-order valence-corrected chi connectivity index (χ3v) is 6.01. The minimum absolute atomic E-state index is 0.141. The Labute approximate surface area is 201 Å². The summed E-state index contributed by atoms with van der Waals surface area (Å²) >= 11 is 0. The Morgan fingerprint density at radius 1 is 1.15 bits per heavy atom. The van der Waals surface area contributed by atoms with Gasteiger partial charge < -0.3 is 39.4 Å². The number of alkyl carbamates (subject to hydrolysis) is 1. The van der Waals surface area contributed by atoms with Gasteiger partial charge >= 0.3 is 6.09 Å². The lowest BCUT2D eigenvalue weighted by molar-refractivity contribution is -0.308. The molecule has 1 aromatic rings. The first kappa shape index (κ1) is 26.8. The molecule has 10 heteroatoms. The number of carbonyl (C=O) groups excluding carboxylic acids is 1. The van der Waals surface area contributed by atoms with Crippen LogP contribution in [0, 0.1) is 0 Å². The number of aliphatic hydroxyl groups excluding tert-OH is 2. The predicted molar refractivity (Wildman–Crippen MR) is 125 cm³/mol. The summed E-state index contributed by atoms with van der Waals surface area (Å²) in [6.07, 6.45) is -5.82. The number of piperazine rings is 1. The third kappa shape index (κ3) is 7.88. The van der Waals surface area contributed by atoms with Gasteiger partial charge in [0.25, 0.3) is 0 Å². The highest BCUT2D eigenvalue weighted by Crippen LogP contribution is 2.28. The van der Waals surface area contributed by atoms with E-state index in [9.17, 15) is 15.0 Å². The lowest BCUT2D eigenvalue weighted by Crippen LogP contribution is -2.62. The summed E-state index contributed by atoms with van der Waals surface area (Å²) in [5.41, 5.74) is 0.907. The van der Waals surface area contributed by atoms with E-state index < -0.39 is 36.8 Å². The van der Waals surface area contributed by atoms with Gasteiger partial charge in [-0.25, -0.2) is 4.79 Å². The molecule has 1 aromatic carbocycles. The van der Waals surface area contributed by atoms with Crippen LogP contribution in [0.2, 0.25) is 0 Å². The summed E-state index contributed by atoms with van der Waals surface area (Å²) in [6.45, 7) is 8.37. The molecule has 3 rings (SSSR count). The summed E-state index contributed by atoms with van der Waals surface area (Å²) in [7, 11) is 2.10. The van der Waals surface area contributed by atoms with Crippen molar-refractivity contribution < 1.29 is 34.0 Å². The second-order valence-corrected chi connectivity index (χ2v) is 9.16.